The van der Waals surface area contributed by atoms with Crippen LogP contribution in [0.3, 0.4) is 0 Å². The van der Waals surface area contributed by atoms with E-state index in [2.05, 4.69) is 4.98 Å². The van der Waals surface area contributed by atoms with Gasteiger partial charge >= 0.3 is 11.9 Å². The second-order valence-electron chi connectivity index (χ2n) is 9.87. The molecule has 42 heavy (non-hydrogen) atoms. The molecular weight excluding hydrogens is 560 g/mol. The van der Waals surface area contributed by atoms with E-state index in [0.29, 0.717) is 53.2 Å². The van der Waals surface area contributed by atoms with Crippen LogP contribution in [-0.2, 0) is 14.3 Å². The van der Waals surface area contributed by atoms with Crippen molar-refractivity contribution in [2.24, 2.45) is 5.92 Å². The Morgan fingerprint density at radius 3 is 2.38 bits per heavy atom. The molecule has 2 aromatic carbocycles. The molecule has 0 radical (unpaired) electrons. The summed E-state index contributed by atoms with van der Waals surface area (Å²) < 4.78 is 22.1. The molecule has 0 spiro atoms. The molecule has 11 heteroatoms. The summed E-state index contributed by atoms with van der Waals surface area (Å²) in [5.74, 6) is -0.914. The fourth-order valence-corrected chi connectivity index (χ4v) is 5.46. The van der Waals surface area contributed by atoms with Gasteiger partial charge in [0.15, 0.2) is 16.6 Å². The van der Waals surface area contributed by atoms with Crippen molar-refractivity contribution < 1.29 is 38.4 Å². The van der Waals surface area contributed by atoms with E-state index in [-0.39, 0.29) is 27.9 Å². The van der Waals surface area contributed by atoms with Gasteiger partial charge in [0.05, 0.1) is 44.2 Å². The van der Waals surface area contributed by atoms with Crippen LogP contribution < -0.4 is 19.1 Å². The second-order valence-corrected chi connectivity index (χ2v) is 10.9. The SMILES string of the molecule is CCOC(=O)c1sc(N2C(=O)C(=O)/C(=C(/O)c3ccc(OCC(C)C)cc3)C2c2ccc(OCC)c(OC)c2)nc1C. The number of anilines is 1. The topological polar surface area (TPSA) is 124 Å². The first-order valence-electron chi connectivity index (χ1n) is 13.6. The van der Waals surface area contributed by atoms with Crippen LogP contribution in [0.1, 0.15) is 60.2 Å². The Labute approximate surface area is 248 Å². The van der Waals surface area contributed by atoms with Crippen LogP contribution in [0.5, 0.6) is 17.2 Å². The summed E-state index contributed by atoms with van der Waals surface area (Å²) in [6.07, 6.45) is 0. The minimum absolute atomic E-state index is 0.118. The monoisotopic (exact) mass is 594 g/mol. The summed E-state index contributed by atoms with van der Waals surface area (Å²) in [6, 6.07) is 10.6. The number of rotatable bonds is 11. The zero-order chi connectivity index (χ0) is 30.6. The molecular formula is C31H34N2O8S. The predicted octanol–water partition coefficient (Wildman–Crippen LogP) is 5.70. The summed E-state index contributed by atoms with van der Waals surface area (Å²) in [5.41, 5.74) is 1.02. The third-order valence-corrected chi connectivity index (χ3v) is 7.55. The van der Waals surface area contributed by atoms with Gasteiger partial charge < -0.3 is 24.1 Å². The lowest BCUT2D eigenvalue weighted by atomic mass is 9.95. The van der Waals surface area contributed by atoms with E-state index in [1.165, 1.54) is 12.0 Å². The number of aliphatic hydroxyl groups is 1. The molecule has 1 aliphatic rings. The molecule has 1 atom stereocenters. The van der Waals surface area contributed by atoms with Crippen molar-refractivity contribution in [1.29, 1.82) is 0 Å². The first-order chi connectivity index (χ1) is 20.1. The smallest absolute Gasteiger partial charge is 0.350 e. The Balaban J connectivity index is 1.87. The predicted molar refractivity (Wildman–Crippen MR) is 159 cm³/mol. The van der Waals surface area contributed by atoms with Gasteiger partial charge in [-0.15, -0.1) is 0 Å². The Morgan fingerprint density at radius 2 is 1.76 bits per heavy atom. The zero-order valence-electron chi connectivity index (χ0n) is 24.4. The van der Waals surface area contributed by atoms with Gasteiger partial charge in [-0.2, -0.15) is 0 Å². The van der Waals surface area contributed by atoms with Crippen molar-refractivity contribution in [2.45, 2.75) is 40.7 Å². The van der Waals surface area contributed by atoms with Crippen LogP contribution in [-0.4, -0.2) is 54.7 Å². The number of hydrogen-bond donors (Lipinski definition) is 1. The number of thiazole rings is 1. The lowest BCUT2D eigenvalue weighted by molar-refractivity contribution is -0.132. The van der Waals surface area contributed by atoms with Crippen LogP contribution in [0.2, 0.25) is 0 Å². The summed E-state index contributed by atoms with van der Waals surface area (Å²) >= 11 is 0.940. The maximum absolute atomic E-state index is 13.6. The summed E-state index contributed by atoms with van der Waals surface area (Å²) in [5, 5.41) is 11.6. The molecule has 0 saturated carbocycles. The largest absolute Gasteiger partial charge is 0.507 e. The van der Waals surface area contributed by atoms with Gasteiger partial charge in [-0.1, -0.05) is 31.3 Å². The van der Waals surface area contributed by atoms with Gasteiger partial charge in [-0.25, -0.2) is 9.78 Å². The van der Waals surface area contributed by atoms with Gasteiger partial charge in [0.1, 0.15) is 16.4 Å². The fraction of sp³-hybridized carbons (Fsp3) is 0.355. The minimum Gasteiger partial charge on any atom is -0.507 e. The van der Waals surface area contributed by atoms with Crippen molar-refractivity contribution in [3.8, 4) is 17.2 Å². The molecule has 1 saturated heterocycles. The summed E-state index contributed by atoms with van der Waals surface area (Å²) in [6.45, 7) is 10.3. The van der Waals surface area contributed by atoms with Crippen LogP contribution in [0.15, 0.2) is 48.0 Å². The van der Waals surface area contributed by atoms with E-state index in [0.717, 1.165) is 11.3 Å². The van der Waals surface area contributed by atoms with Crippen molar-refractivity contribution in [3.63, 3.8) is 0 Å². The lowest BCUT2D eigenvalue weighted by Crippen LogP contribution is -2.29. The van der Waals surface area contributed by atoms with Crippen molar-refractivity contribution >= 4 is 39.9 Å². The quantitative estimate of drug-likeness (QED) is 0.129. The van der Waals surface area contributed by atoms with Crippen LogP contribution >= 0.6 is 11.3 Å². The lowest BCUT2D eigenvalue weighted by Gasteiger charge is -2.24. The number of nitrogens with zero attached hydrogens (tertiary/aromatic N) is 2. The number of ketones is 1. The highest BCUT2D eigenvalue weighted by Gasteiger charge is 2.48. The van der Waals surface area contributed by atoms with Crippen molar-refractivity contribution in [3.05, 3.63) is 69.7 Å². The van der Waals surface area contributed by atoms with Gasteiger partial charge in [-0.05, 0) is 68.7 Å². The maximum Gasteiger partial charge on any atom is 0.350 e. The average molecular weight is 595 g/mol. The Morgan fingerprint density at radius 1 is 1.05 bits per heavy atom. The van der Waals surface area contributed by atoms with E-state index in [1.807, 2.05) is 20.8 Å². The van der Waals surface area contributed by atoms with Crippen LogP contribution in [0, 0.1) is 12.8 Å². The summed E-state index contributed by atoms with van der Waals surface area (Å²) in [4.78, 5) is 45.6. The molecule has 1 fully saturated rings. The van der Waals surface area contributed by atoms with Gasteiger partial charge in [0, 0.05) is 5.56 Å². The van der Waals surface area contributed by atoms with E-state index in [1.54, 1.807) is 56.3 Å². The maximum atomic E-state index is 13.6. The molecule has 0 aliphatic carbocycles. The number of aromatic nitrogens is 1. The van der Waals surface area contributed by atoms with Gasteiger partial charge in [0.2, 0.25) is 0 Å². The normalized spacial score (nSPS) is 16.2. The zero-order valence-corrected chi connectivity index (χ0v) is 25.2. The number of Topliss-reactive ketones (excluding diaryl/α,β-unsaturated/α-hetero) is 1. The molecule has 1 aromatic heterocycles. The molecule has 1 aliphatic heterocycles. The highest BCUT2D eigenvalue weighted by atomic mass is 32.1. The molecule has 3 aromatic rings. The minimum atomic E-state index is -1.08. The highest BCUT2D eigenvalue weighted by molar-refractivity contribution is 7.17. The number of ether oxygens (including phenoxy) is 4. The third kappa shape index (κ3) is 6.11. The van der Waals surface area contributed by atoms with Crippen LogP contribution in [0.4, 0.5) is 5.13 Å². The first-order valence-corrected chi connectivity index (χ1v) is 14.4. The molecule has 222 valence electrons. The number of aryl methyl sites for hydroxylation is 1. The number of esters is 1. The molecule has 4 rings (SSSR count). The molecule has 1 N–H and O–H groups in total. The fourth-order valence-electron chi connectivity index (χ4n) is 4.47. The molecule has 2 heterocycles. The van der Waals surface area contributed by atoms with E-state index in [9.17, 15) is 19.5 Å². The van der Waals surface area contributed by atoms with Crippen LogP contribution in [0.25, 0.3) is 5.76 Å². The molecule has 0 bridgehead atoms. The number of methoxy groups -OCH3 is 1. The number of aliphatic hydroxyl groups excluding tert-OH is 1. The Kier molecular flexibility index (Phi) is 9.52. The van der Waals surface area contributed by atoms with E-state index >= 15 is 0 Å². The number of benzene rings is 2. The first kappa shape index (κ1) is 30.6. The summed E-state index contributed by atoms with van der Waals surface area (Å²) in [7, 11) is 1.48. The van der Waals surface area contributed by atoms with Gasteiger partial charge in [0.25, 0.3) is 5.78 Å². The van der Waals surface area contributed by atoms with Crippen molar-refractivity contribution in [2.75, 3.05) is 31.8 Å². The Hall–Kier alpha value is -4.38. The number of amides is 1. The number of hydrogen-bond acceptors (Lipinski definition) is 10. The van der Waals surface area contributed by atoms with Gasteiger partial charge in [-0.3, -0.25) is 14.5 Å². The second kappa shape index (κ2) is 13.1. The van der Waals surface area contributed by atoms with Crippen molar-refractivity contribution in [1.82, 2.24) is 4.98 Å². The van der Waals surface area contributed by atoms with E-state index < -0.39 is 23.7 Å². The number of carbonyl (C=O) groups excluding carboxylic acids is 3. The molecule has 1 unspecified atom stereocenters. The highest BCUT2D eigenvalue weighted by Crippen LogP contribution is 2.45. The Bertz CT molecular complexity index is 1510. The standard InChI is InChI=1S/C31H34N2O8S/c1-7-39-22-14-11-20(15-23(22)38-6)25-24(26(34)19-9-12-21(13-10-19)41-16-17(3)4)27(35)29(36)33(25)31-32-18(5)28(42-31)30(37)40-8-2/h9-15,17,25,34H,7-8,16H2,1-6H3/b26-24+. The van der Waals surface area contributed by atoms with E-state index in [4.69, 9.17) is 18.9 Å². The molecule has 1 amide bonds. The average Bonchev–Trinajstić information content (AvgIpc) is 3.48. The number of carbonyl (C=O) groups is 3. The molecule has 10 nitrogen and oxygen atoms in total. The third-order valence-electron chi connectivity index (χ3n) is 6.41.